The molecule has 1 aliphatic heterocycles. The van der Waals surface area contributed by atoms with Gasteiger partial charge in [-0.05, 0) is 43.1 Å². The Labute approximate surface area is 154 Å². The molecule has 0 aliphatic carbocycles. The van der Waals surface area contributed by atoms with Crippen molar-refractivity contribution in [2.45, 2.75) is 31.3 Å². The van der Waals surface area contributed by atoms with E-state index in [2.05, 4.69) is 17.4 Å². The van der Waals surface area contributed by atoms with E-state index in [-0.39, 0.29) is 11.9 Å². The van der Waals surface area contributed by atoms with E-state index in [1.54, 1.807) is 0 Å². The minimum absolute atomic E-state index is 0.116. The molecule has 2 amide bonds. The van der Waals surface area contributed by atoms with Crippen molar-refractivity contribution in [1.29, 1.82) is 0 Å². The molecule has 2 aromatic carbocycles. The molecule has 3 N–H and O–H groups in total. The number of hydrogen-bond acceptors (Lipinski definition) is 3. The maximum Gasteiger partial charge on any atom is 0.240 e. The van der Waals surface area contributed by atoms with Crippen molar-refractivity contribution in [1.82, 2.24) is 10.2 Å². The SMILES string of the molecule is CN1CCCC1C(=O)N[C@H](Cc1ccc(-c2ccccc2)cc1)C(N)=O. The van der Waals surface area contributed by atoms with Crippen molar-refractivity contribution in [3.05, 3.63) is 60.2 Å². The van der Waals surface area contributed by atoms with E-state index in [1.807, 2.05) is 54.4 Å². The number of nitrogens with one attached hydrogen (secondary N) is 1. The molecule has 0 saturated carbocycles. The monoisotopic (exact) mass is 351 g/mol. The van der Waals surface area contributed by atoms with Gasteiger partial charge in [-0.1, -0.05) is 54.6 Å². The van der Waals surface area contributed by atoms with E-state index >= 15 is 0 Å². The topological polar surface area (TPSA) is 75.4 Å². The van der Waals surface area contributed by atoms with Crippen LogP contribution in [0.3, 0.4) is 0 Å². The number of carbonyl (C=O) groups is 2. The number of likely N-dealkylation sites (N-methyl/N-ethyl adjacent to an activating group) is 1. The Hall–Kier alpha value is -2.66. The zero-order chi connectivity index (χ0) is 18.5. The van der Waals surface area contributed by atoms with Crippen LogP contribution in [-0.2, 0) is 16.0 Å². The van der Waals surface area contributed by atoms with Crippen LogP contribution in [0, 0.1) is 0 Å². The van der Waals surface area contributed by atoms with E-state index in [1.165, 1.54) is 0 Å². The van der Waals surface area contributed by atoms with Gasteiger partial charge in [-0.15, -0.1) is 0 Å². The maximum atomic E-state index is 12.4. The van der Waals surface area contributed by atoms with Crippen LogP contribution in [0.15, 0.2) is 54.6 Å². The molecule has 1 saturated heterocycles. The number of nitrogens with two attached hydrogens (primary N) is 1. The largest absolute Gasteiger partial charge is 0.368 e. The zero-order valence-corrected chi connectivity index (χ0v) is 15.0. The van der Waals surface area contributed by atoms with Gasteiger partial charge in [-0.3, -0.25) is 14.5 Å². The molecule has 1 fully saturated rings. The van der Waals surface area contributed by atoms with Crippen molar-refractivity contribution in [2.24, 2.45) is 5.73 Å². The lowest BCUT2D eigenvalue weighted by Gasteiger charge is -2.22. The Bertz CT molecular complexity index is 759. The second-order valence-electron chi connectivity index (χ2n) is 6.87. The summed E-state index contributed by atoms with van der Waals surface area (Å²) < 4.78 is 0. The number of benzene rings is 2. The highest BCUT2D eigenvalue weighted by Crippen LogP contribution is 2.20. The molecule has 1 unspecified atom stereocenters. The van der Waals surface area contributed by atoms with Crippen LogP contribution in [0.5, 0.6) is 0 Å². The number of nitrogens with zero attached hydrogens (tertiary/aromatic N) is 1. The van der Waals surface area contributed by atoms with Crippen molar-refractivity contribution in [3.63, 3.8) is 0 Å². The van der Waals surface area contributed by atoms with Gasteiger partial charge in [-0.2, -0.15) is 0 Å². The van der Waals surface area contributed by atoms with Gasteiger partial charge in [0.2, 0.25) is 11.8 Å². The minimum Gasteiger partial charge on any atom is -0.368 e. The molecule has 1 aliphatic rings. The summed E-state index contributed by atoms with van der Waals surface area (Å²) in [6, 6.07) is 17.2. The van der Waals surface area contributed by atoms with Gasteiger partial charge in [0, 0.05) is 6.42 Å². The van der Waals surface area contributed by atoms with Gasteiger partial charge in [0.05, 0.1) is 6.04 Å². The quantitative estimate of drug-likeness (QED) is 0.835. The molecule has 0 aromatic heterocycles. The summed E-state index contributed by atoms with van der Waals surface area (Å²) >= 11 is 0. The Kier molecular flexibility index (Phi) is 5.68. The molecule has 136 valence electrons. The summed E-state index contributed by atoms with van der Waals surface area (Å²) in [5, 5.41) is 2.83. The highest BCUT2D eigenvalue weighted by molar-refractivity contribution is 5.89. The van der Waals surface area contributed by atoms with Gasteiger partial charge in [-0.25, -0.2) is 0 Å². The minimum atomic E-state index is -0.695. The normalized spacial score (nSPS) is 18.4. The van der Waals surface area contributed by atoms with Crippen LogP contribution in [0.25, 0.3) is 11.1 Å². The smallest absolute Gasteiger partial charge is 0.240 e. The number of hydrogen-bond donors (Lipinski definition) is 2. The van der Waals surface area contributed by atoms with Gasteiger partial charge in [0.25, 0.3) is 0 Å². The van der Waals surface area contributed by atoms with Crippen molar-refractivity contribution in [2.75, 3.05) is 13.6 Å². The van der Waals surface area contributed by atoms with E-state index < -0.39 is 11.9 Å². The molecule has 2 atom stereocenters. The fourth-order valence-electron chi connectivity index (χ4n) is 3.43. The van der Waals surface area contributed by atoms with Gasteiger partial charge >= 0.3 is 0 Å². The van der Waals surface area contributed by atoms with Crippen LogP contribution in [0.4, 0.5) is 0 Å². The number of rotatable bonds is 6. The lowest BCUT2D eigenvalue weighted by Crippen LogP contribution is -2.51. The van der Waals surface area contributed by atoms with E-state index in [9.17, 15) is 9.59 Å². The van der Waals surface area contributed by atoms with Gasteiger partial charge in [0.15, 0.2) is 0 Å². The van der Waals surface area contributed by atoms with E-state index in [0.717, 1.165) is 36.1 Å². The summed E-state index contributed by atoms with van der Waals surface area (Å²) in [7, 11) is 1.93. The van der Waals surface area contributed by atoms with Crippen LogP contribution >= 0.6 is 0 Å². The molecule has 0 spiro atoms. The fraction of sp³-hybridized carbons (Fsp3) is 0.333. The third kappa shape index (κ3) is 4.29. The first-order chi connectivity index (χ1) is 12.5. The van der Waals surface area contributed by atoms with Crippen molar-refractivity contribution < 1.29 is 9.59 Å². The Balaban J connectivity index is 1.66. The predicted octanol–water partition coefficient (Wildman–Crippen LogP) is 1.96. The number of carbonyl (C=O) groups excluding carboxylic acids is 2. The highest BCUT2D eigenvalue weighted by Gasteiger charge is 2.30. The Morgan fingerprint density at radius 2 is 1.77 bits per heavy atom. The molecule has 0 radical (unpaired) electrons. The molecule has 5 nitrogen and oxygen atoms in total. The van der Waals surface area contributed by atoms with Gasteiger partial charge in [0.1, 0.15) is 6.04 Å². The van der Waals surface area contributed by atoms with E-state index in [0.29, 0.717) is 6.42 Å². The molecular weight excluding hydrogens is 326 g/mol. The summed E-state index contributed by atoms with van der Waals surface area (Å²) in [6.45, 7) is 0.903. The Morgan fingerprint density at radius 3 is 2.35 bits per heavy atom. The van der Waals surface area contributed by atoms with Crippen molar-refractivity contribution >= 4 is 11.8 Å². The number of likely N-dealkylation sites (tertiary alicyclic amines) is 1. The molecule has 5 heteroatoms. The van der Waals surface area contributed by atoms with E-state index in [4.69, 9.17) is 5.73 Å². The predicted molar refractivity (Wildman–Crippen MR) is 102 cm³/mol. The second-order valence-corrected chi connectivity index (χ2v) is 6.87. The third-order valence-electron chi connectivity index (χ3n) is 4.98. The first-order valence-corrected chi connectivity index (χ1v) is 8.99. The first-order valence-electron chi connectivity index (χ1n) is 8.99. The van der Waals surface area contributed by atoms with Crippen LogP contribution < -0.4 is 11.1 Å². The highest BCUT2D eigenvalue weighted by atomic mass is 16.2. The third-order valence-corrected chi connectivity index (χ3v) is 4.98. The van der Waals surface area contributed by atoms with Crippen LogP contribution in [0.1, 0.15) is 18.4 Å². The lowest BCUT2D eigenvalue weighted by atomic mass is 10.00. The molecule has 3 rings (SSSR count). The van der Waals surface area contributed by atoms with Crippen LogP contribution in [0.2, 0.25) is 0 Å². The zero-order valence-electron chi connectivity index (χ0n) is 15.0. The average Bonchev–Trinajstić information content (AvgIpc) is 3.08. The van der Waals surface area contributed by atoms with Gasteiger partial charge < -0.3 is 11.1 Å². The molecule has 1 heterocycles. The lowest BCUT2D eigenvalue weighted by molar-refractivity contribution is -0.129. The number of primary amides is 1. The number of amides is 2. The summed E-state index contributed by atoms with van der Waals surface area (Å²) in [6.07, 6.45) is 2.21. The van der Waals surface area contributed by atoms with Crippen molar-refractivity contribution in [3.8, 4) is 11.1 Å². The molecular formula is C21H25N3O2. The summed E-state index contributed by atoms with van der Waals surface area (Å²) in [4.78, 5) is 26.3. The first kappa shape index (κ1) is 18.1. The van der Waals surface area contributed by atoms with Crippen LogP contribution in [-0.4, -0.2) is 42.4 Å². The Morgan fingerprint density at radius 1 is 1.12 bits per heavy atom. The average molecular weight is 351 g/mol. The summed E-state index contributed by atoms with van der Waals surface area (Å²) in [5.74, 6) is -0.624. The molecule has 2 aromatic rings. The second kappa shape index (κ2) is 8.15. The molecule has 26 heavy (non-hydrogen) atoms. The maximum absolute atomic E-state index is 12.4. The fourth-order valence-corrected chi connectivity index (χ4v) is 3.43. The standard InChI is InChI=1S/C21H25N3O2/c1-24-13-5-8-19(24)21(26)23-18(20(22)25)14-15-9-11-17(12-10-15)16-6-3-2-4-7-16/h2-4,6-7,9-12,18-19H,5,8,13-14H2,1H3,(H2,22,25)(H,23,26)/t18-,19?/m1/s1. The summed E-state index contributed by atoms with van der Waals surface area (Å²) in [5.41, 5.74) is 8.74. The molecule has 0 bridgehead atoms.